The minimum absolute atomic E-state index is 0.109. The van der Waals surface area contributed by atoms with Gasteiger partial charge in [-0.25, -0.2) is 0 Å². The summed E-state index contributed by atoms with van der Waals surface area (Å²) in [6, 6.07) is 0. The molecule has 0 rings (SSSR count). The molecule has 0 bridgehead atoms. The molecule has 13 heavy (non-hydrogen) atoms. The zero-order valence-corrected chi connectivity index (χ0v) is 9.16. The maximum atomic E-state index is 9.57. The van der Waals surface area contributed by atoms with Gasteiger partial charge in [-0.15, -0.1) is 6.58 Å². The van der Waals surface area contributed by atoms with E-state index in [1.165, 1.54) is 0 Å². The van der Waals surface area contributed by atoms with Crippen molar-refractivity contribution in [2.45, 2.75) is 39.4 Å². The van der Waals surface area contributed by atoms with Crippen LogP contribution >= 0.6 is 0 Å². The fourth-order valence-corrected chi connectivity index (χ4v) is 1.61. The van der Waals surface area contributed by atoms with Gasteiger partial charge in [0.05, 0.1) is 12.2 Å². The van der Waals surface area contributed by atoms with Crippen molar-refractivity contribution in [3.63, 3.8) is 0 Å². The third kappa shape index (κ3) is 3.49. The third-order valence-corrected chi connectivity index (χ3v) is 2.78. The number of hydrogen-bond acceptors (Lipinski definition) is 2. The number of aliphatic hydroxyl groups excluding tert-OH is 1. The van der Waals surface area contributed by atoms with E-state index in [4.69, 9.17) is 4.74 Å². The van der Waals surface area contributed by atoms with Crippen LogP contribution in [0, 0.1) is 11.8 Å². The summed E-state index contributed by atoms with van der Waals surface area (Å²) >= 11 is 0. The number of aliphatic hydroxyl groups is 1. The standard InChI is InChI=1S/C11H22O2/c1-6-8(3)11(13-5)9(4)10(12)7-2/h7-12H,2,6H2,1,3-5H3/t8-,9+,10-,11-/m1/s1. The van der Waals surface area contributed by atoms with Gasteiger partial charge in [-0.05, 0) is 5.92 Å². The van der Waals surface area contributed by atoms with Crippen LogP contribution in [0.3, 0.4) is 0 Å². The normalized spacial score (nSPS) is 20.4. The molecule has 0 aliphatic carbocycles. The van der Waals surface area contributed by atoms with E-state index in [2.05, 4.69) is 20.4 Å². The number of methoxy groups -OCH3 is 1. The van der Waals surface area contributed by atoms with Crippen molar-refractivity contribution >= 4 is 0 Å². The number of ether oxygens (including phenoxy) is 1. The van der Waals surface area contributed by atoms with Gasteiger partial charge in [-0.2, -0.15) is 0 Å². The van der Waals surface area contributed by atoms with E-state index in [0.717, 1.165) is 6.42 Å². The van der Waals surface area contributed by atoms with Crippen LogP contribution in [0.2, 0.25) is 0 Å². The van der Waals surface area contributed by atoms with E-state index in [9.17, 15) is 5.11 Å². The van der Waals surface area contributed by atoms with Crippen LogP contribution in [-0.4, -0.2) is 24.4 Å². The summed E-state index contributed by atoms with van der Waals surface area (Å²) in [4.78, 5) is 0. The molecule has 0 aliphatic rings. The van der Waals surface area contributed by atoms with Gasteiger partial charge >= 0.3 is 0 Å². The molecule has 78 valence electrons. The Morgan fingerprint density at radius 2 is 2.00 bits per heavy atom. The molecule has 2 heteroatoms. The van der Waals surface area contributed by atoms with Crippen LogP contribution in [0.5, 0.6) is 0 Å². The molecule has 0 aromatic rings. The largest absolute Gasteiger partial charge is 0.389 e. The molecule has 2 nitrogen and oxygen atoms in total. The Kier molecular flexibility index (Phi) is 6.00. The Bertz CT molecular complexity index is 145. The summed E-state index contributed by atoms with van der Waals surface area (Å²) in [6.07, 6.45) is 2.27. The molecule has 4 atom stereocenters. The third-order valence-electron chi connectivity index (χ3n) is 2.78. The zero-order valence-electron chi connectivity index (χ0n) is 9.16. The minimum Gasteiger partial charge on any atom is -0.389 e. The Morgan fingerprint density at radius 3 is 2.31 bits per heavy atom. The first-order valence-corrected chi connectivity index (χ1v) is 4.91. The highest BCUT2D eigenvalue weighted by Crippen LogP contribution is 2.22. The van der Waals surface area contributed by atoms with Crippen LogP contribution in [0.1, 0.15) is 27.2 Å². The Balaban J connectivity index is 4.29. The van der Waals surface area contributed by atoms with Crippen LogP contribution in [0.15, 0.2) is 12.7 Å². The fraction of sp³-hybridized carbons (Fsp3) is 0.818. The van der Waals surface area contributed by atoms with Crippen molar-refractivity contribution in [3.8, 4) is 0 Å². The lowest BCUT2D eigenvalue weighted by atomic mass is 9.88. The summed E-state index contributed by atoms with van der Waals surface area (Å²) in [6.45, 7) is 9.84. The summed E-state index contributed by atoms with van der Waals surface area (Å²) in [7, 11) is 1.70. The van der Waals surface area contributed by atoms with E-state index in [1.807, 2.05) is 6.92 Å². The van der Waals surface area contributed by atoms with Gasteiger partial charge in [0.2, 0.25) is 0 Å². The molecular weight excluding hydrogens is 164 g/mol. The second-order valence-electron chi connectivity index (χ2n) is 3.67. The van der Waals surface area contributed by atoms with E-state index < -0.39 is 6.10 Å². The summed E-state index contributed by atoms with van der Waals surface area (Å²) in [5, 5.41) is 9.57. The molecule has 0 unspecified atom stereocenters. The topological polar surface area (TPSA) is 29.5 Å². The van der Waals surface area contributed by atoms with E-state index in [0.29, 0.717) is 5.92 Å². The lowest BCUT2D eigenvalue weighted by molar-refractivity contribution is -0.0209. The zero-order chi connectivity index (χ0) is 10.4. The molecule has 0 spiro atoms. The lowest BCUT2D eigenvalue weighted by Gasteiger charge is -2.29. The number of rotatable bonds is 6. The monoisotopic (exact) mass is 186 g/mol. The summed E-state index contributed by atoms with van der Waals surface area (Å²) in [5.74, 6) is 0.576. The first kappa shape index (κ1) is 12.7. The van der Waals surface area contributed by atoms with Gasteiger partial charge < -0.3 is 9.84 Å². The van der Waals surface area contributed by atoms with E-state index in [1.54, 1.807) is 13.2 Å². The highest BCUT2D eigenvalue weighted by Gasteiger charge is 2.26. The smallest absolute Gasteiger partial charge is 0.0768 e. The molecule has 0 aromatic heterocycles. The number of hydrogen-bond donors (Lipinski definition) is 1. The minimum atomic E-state index is -0.473. The predicted molar refractivity (Wildman–Crippen MR) is 55.6 cm³/mol. The van der Waals surface area contributed by atoms with Gasteiger partial charge in [-0.1, -0.05) is 33.3 Å². The fourth-order valence-electron chi connectivity index (χ4n) is 1.61. The SMILES string of the molecule is C=C[C@@H](O)[C@H](C)[C@H](OC)[C@H](C)CC. The lowest BCUT2D eigenvalue weighted by Crippen LogP contribution is -2.34. The van der Waals surface area contributed by atoms with Crippen molar-refractivity contribution in [3.05, 3.63) is 12.7 Å². The first-order valence-electron chi connectivity index (χ1n) is 4.91. The van der Waals surface area contributed by atoms with E-state index in [-0.39, 0.29) is 12.0 Å². The molecule has 0 radical (unpaired) electrons. The Morgan fingerprint density at radius 1 is 1.46 bits per heavy atom. The van der Waals surface area contributed by atoms with Crippen molar-refractivity contribution in [2.24, 2.45) is 11.8 Å². The molecule has 0 heterocycles. The van der Waals surface area contributed by atoms with Crippen molar-refractivity contribution in [1.82, 2.24) is 0 Å². The second-order valence-corrected chi connectivity index (χ2v) is 3.67. The van der Waals surface area contributed by atoms with Gasteiger partial charge in [0.1, 0.15) is 0 Å². The van der Waals surface area contributed by atoms with Crippen molar-refractivity contribution < 1.29 is 9.84 Å². The predicted octanol–water partition coefficient (Wildman–Crippen LogP) is 2.23. The summed E-state index contributed by atoms with van der Waals surface area (Å²) < 4.78 is 5.38. The Labute approximate surface area is 81.6 Å². The van der Waals surface area contributed by atoms with Crippen LogP contribution in [0.4, 0.5) is 0 Å². The maximum Gasteiger partial charge on any atom is 0.0768 e. The molecule has 0 aliphatic heterocycles. The van der Waals surface area contributed by atoms with Crippen molar-refractivity contribution in [1.29, 1.82) is 0 Å². The average molecular weight is 186 g/mol. The molecule has 0 fully saturated rings. The molecule has 0 aromatic carbocycles. The highest BCUT2D eigenvalue weighted by atomic mass is 16.5. The quantitative estimate of drug-likeness (QED) is 0.645. The van der Waals surface area contributed by atoms with Crippen molar-refractivity contribution in [2.75, 3.05) is 7.11 Å². The summed E-state index contributed by atoms with van der Waals surface area (Å²) in [5.41, 5.74) is 0. The van der Waals surface area contributed by atoms with E-state index >= 15 is 0 Å². The maximum absolute atomic E-state index is 9.57. The van der Waals surface area contributed by atoms with Gasteiger partial charge in [0.15, 0.2) is 0 Å². The molecule has 0 saturated heterocycles. The Hall–Kier alpha value is -0.340. The van der Waals surface area contributed by atoms with Crippen LogP contribution in [0.25, 0.3) is 0 Å². The van der Waals surface area contributed by atoms with Gasteiger partial charge in [-0.3, -0.25) is 0 Å². The van der Waals surface area contributed by atoms with Crippen LogP contribution in [-0.2, 0) is 4.74 Å². The van der Waals surface area contributed by atoms with Crippen LogP contribution < -0.4 is 0 Å². The second kappa shape index (κ2) is 6.17. The van der Waals surface area contributed by atoms with Gasteiger partial charge in [0.25, 0.3) is 0 Å². The molecule has 1 N–H and O–H groups in total. The molecule has 0 amide bonds. The average Bonchev–Trinajstić information content (AvgIpc) is 2.17. The molecular formula is C11H22O2. The first-order chi connectivity index (χ1) is 6.08. The molecule has 0 saturated carbocycles. The van der Waals surface area contributed by atoms with Gasteiger partial charge in [0, 0.05) is 13.0 Å². The highest BCUT2D eigenvalue weighted by molar-refractivity contribution is 4.87.